The summed E-state index contributed by atoms with van der Waals surface area (Å²) in [7, 11) is 0. The van der Waals surface area contributed by atoms with E-state index in [1.165, 1.54) is 0 Å². The topological polar surface area (TPSA) is 77.8 Å². The second kappa shape index (κ2) is 8.17. The zero-order chi connectivity index (χ0) is 20.5. The smallest absolute Gasteiger partial charge is 0.161 e. The average Bonchev–Trinajstić information content (AvgIpc) is 2.77. The van der Waals surface area contributed by atoms with Gasteiger partial charge in [0.25, 0.3) is 0 Å². The Balaban J connectivity index is 1.34. The molecule has 1 aliphatic carbocycles. The number of nitrogens with zero attached hydrogens (tertiary/aromatic N) is 2. The molecule has 0 bridgehead atoms. The molecule has 0 spiro atoms. The molecule has 2 aromatic rings. The SMILES string of the molecule is N#Cc1c(-c2ccc3c(c2)OCCO3)cccc1N1CCC(NC2CC(O)C2)CC1. The van der Waals surface area contributed by atoms with Crippen LogP contribution in [-0.2, 0) is 0 Å². The van der Waals surface area contributed by atoms with Crippen molar-refractivity contribution in [3.8, 4) is 28.7 Å². The number of ether oxygens (including phenoxy) is 2. The van der Waals surface area contributed by atoms with Crippen molar-refractivity contribution in [1.82, 2.24) is 5.32 Å². The lowest BCUT2D eigenvalue weighted by molar-refractivity contribution is 0.0562. The Kier molecular flexibility index (Phi) is 5.24. The highest BCUT2D eigenvalue weighted by molar-refractivity contribution is 5.79. The fraction of sp³-hybridized carbons (Fsp3) is 0.458. The molecule has 2 N–H and O–H groups in total. The van der Waals surface area contributed by atoms with Crippen LogP contribution in [0.3, 0.4) is 0 Å². The van der Waals surface area contributed by atoms with Gasteiger partial charge in [-0.2, -0.15) is 5.26 Å². The molecular weight excluding hydrogens is 378 g/mol. The van der Waals surface area contributed by atoms with Crippen LogP contribution in [0.1, 0.15) is 31.2 Å². The van der Waals surface area contributed by atoms with Gasteiger partial charge in [-0.05, 0) is 49.4 Å². The minimum Gasteiger partial charge on any atom is -0.486 e. The van der Waals surface area contributed by atoms with Crippen molar-refractivity contribution >= 4 is 5.69 Å². The van der Waals surface area contributed by atoms with Gasteiger partial charge in [0, 0.05) is 30.7 Å². The van der Waals surface area contributed by atoms with Gasteiger partial charge in [0.1, 0.15) is 19.3 Å². The molecule has 156 valence electrons. The first-order chi connectivity index (χ1) is 14.7. The van der Waals surface area contributed by atoms with Crippen molar-refractivity contribution in [2.45, 2.75) is 43.9 Å². The van der Waals surface area contributed by atoms with E-state index in [9.17, 15) is 10.4 Å². The van der Waals surface area contributed by atoms with E-state index in [1.54, 1.807) is 0 Å². The Morgan fingerprint density at radius 2 is 1.77 bits per heavy atom. The molecule has 6 nitrogen and oxygen atoms in total. The molecule has 0 amide bonds. The number of benzene rings is 2. The number of anilines is 1. The maximum absolute atomic E-state index is 10.00. The predicted molar refractivity (Wildman–Crippen MR) is 115 cm³/mol. The van der Waals surface area contributed by atoms with Crippen LogP contribution in [0.5, 0.6) is 11.5 Å². The third kappa shape index (κ3) is 3.71. The molecule has 5 rings (SSSR count). The van der Waals surface area contributed by atoms with Crippen LogP contribution in [0.25, 0.3) is 11.1 Å². The maximum atomic E-state index is 10.00. The lowest BCUT2D eigenvalue weighted by Gasteiger charge is -2.40. The highest BCUT2D eigenvalue weighted by Crippen LogP contribution is 2.38. The molecule has 6 heteroatoms. The molecule has 2 aliphatic heterocycles. The second-order valence-electron chi connectivity index (χ2n) is 8.42. The number of aliphatic hydroxyl groups excluding tert-OH is 1. The van der Waals surface area contributed by atoms with Crippen LogP contribution in [0.4, 0.5) is 5.69 Å². The van der Waals surface area contributed by atoms with Gasteiger partial charge < -0.3 is 24.8 Å². The van der Waals surface area contributed by atoms with E-state index in [0.717, 1.165) is 67.1 Å². The molecule has 2 heterocycles. The van der Waals surface area contributed by atoms with Crippen molar-refractivity contribution < 1.29 is 14.6 Å². The lowest BCUT2D eigenvalue weighted by atomic mass is 9.88. The molecule has 3 aliphatic rings. The summed E-state index contributed by atoms with van der Waals surface area (Å²) in [6, 6.07) is 15.4. The number of hydrogen-bond donors (Lipinski definition) is 2. The summed E-state index contributed by atoms with van der Waals surface area (Å²) in [6.45, 7) is 2.96. The number of nitrogens with one attached hydrogen (secondary N) is 1. The van der Waals surface area contributed by atoms with Crippen LogP contribution in [-0.4, -0.2) is 49.6 Å². The Bertz CT molecular complexity index is 957. The molecular formula is C24H27N3O3. The first kappa shape index (κ1) is 19.2. The number of nitriles is 1. The quantitative estimate of drug-likeness (QED) is 0.814. The zero-order valence-corrected chi connectivity index (χ0v) is 17.0. The second-order valence-corrected chi connectivity index (χ2v) is 8.42. The van der Waals surface area contributed by atoms with Gasteiger partial charge in [0.05, 0.1) is 17.4 Å². The fourth-order valence-corrected chi connectivity index (χ4v) is 4.72. The highest BCUT2D eigenvalue weighted by atomic mass is 16.6. The van der Waals surface area contributed by atoms with Crippen molar-refractivity contribution in [2.24, 2.45) is 0 Å². The van der Waals surface area contributed by atoms with E-state index in [0.29, 0.717) is 30.9 Å². The Morgan fingerprint density at radius 1 is 1.00 bits per heavy atom. The first-order valence-corrected chi connectivity index (χ1v) is 10.8. The van der Waals surface area contributed by atoms with Crippen LogP contribution < -0.4 is 19.7 Å². The molecule has 0 radical (unpaired) electrons. The number of rotatable bonds is 4. The maximum Gasteiger partial charge on any atom is 0.161 e. The molecule has 1 saturated carbocycles. The summed E-state index contributed by atoms with van der Waals surface area (Å²) in [5.74, 6) is 1.49. The molecule has 0 unspecified atom stereocenters. The molecule has 0 atom stereocenters. The molecule has 1 saturated heterocycles. The van der Waals surface area contributed by atoms with E-state index in [2.05, 4.69) is 22.4 Å². The zero-order valence-electron chi connectivity index (χ0n) is 17.0. The van der Waals surface area contributed by atoms with Gasteiger partial charge in [0.2, 0.25) is 0 Å². The molecule has 0 aromatic heterocycles. The minimum atomic E-state index is -0.121. The average molecular weight is 405 g/mol. The number of piperidine rings is 1. The molecule has 30 heavy (non-hydrogen) atoms. The van der Waals surface area contributed by atoms with Crippen molar-refractivity contribution in [3.63, 3.8) is 0 Å². The summed E-state index contributed by atoms with van der Waals surface area (Å²) in [4.78, 5) is 2.33. The van der Waals surface area contributed by atoms with Crippen molar-refractivity contribution in [2.75, 3.05) is 31.2 Å². The van der Waals surface area contributed by atoms with E-state index < -0.39 is 0 Å². The van der Waals surface area contributed by atoms with Gasteiger partial charge in [-0.3, -0.25) is 0 Å². The van der Waals surface area contributed by atoms with Crippen LogP contribution in [0.15, 0.2) is 36.4 Å². The Labute approximate surface area is 177 Å². The Hall–Kier alpha value is -2.75. The lowest BCUT2D eigenvalue weighted by Crippen LogP contribution is -2.52. The predicted octanol–water partition coefficient (Wildman–Crippen LogP) is 3.08. The van der Waals surface area contributed by atoms with E-state index in [1.807, 2.05) is 30.3 Å². The Morgan fingerprint density at radius 3 is 2.50 bits per heavy atom. The van der Waals surface area contributed by atoms with Crippen LogP contribution in [0.2, 0.25) is 0 Å². The number of hydrogen-bond acceptors (Lipinski definition) is 6. The summed E-state index contributed by atoms with van der Waals surface area (Å²) >= 11 is 0. The van der Waals surface area contributed by atoms with Crippen molar-refractivity contribution in [3.05, 3.63) is 42.0 Å². The van der Waals surface area contributed by atoms with Gasteiger partial charge >= 0.3 is 0 Å². The summed E-state index contributed by atoms with van der Waals surface area (Å²) < 4.78 is 11.4. The fourth-order valence-electron chi connectivity index (χ4n) is 4.72. The van der Waals surface area contributed by atoms with Gasteiger partial charge in [-0.1, -0.05) is 18.2 Å². The van der Waals surface area contributed by atoms with Gasteiger partial charge in [-0.25, -0.2) is 0 Å². The monoisotopic (exact) mass is 405 g/mol. The third-order valence-electron chi connectivity index (χ3n) is 6.43. The standard InChI is InChI=1S/C24H27N3O3/c25-15-21-20(16-4-5-23-24(12-16)30-11-10-29-23)2-1-3-22(21)27-8-6-17(7-9-27)26-18-13-19(28)14-18/h1-5,12,17-19,26,28H,6-11,13-14H2. The molecule has 2 aromatic carbocycles. The summed E-state index contributed by atoms with van der Waals surface area (Å²) in [6.07, 6.45) is 3.72. The minimum absolute atomic E-state index is 0.121. The largest absolute Gasteiger partial charge is 0.486 e. The van der Waals surface area contributed by atoms with Crippen LogP contribution >= 0.6 is 0 Å². The van der Waals surface area contributed by atoms with Gasteiger partial charge in [0.15, 0.2) is 11.5 Å². The normalized spacial score (nSPS) is 23.5. The van der Waals surface area contributed by atoms with Gasteiger partial charge in [-0.15, -0.1) is 0 Å². The first-order valence-electron chi connectivity index (χ1n) is 10.8. The summed E-state index contributed by atoms with van der Waals surface area (Å²) in [5, 5.41) is 23.2. The number of aliphatic hydroxyl groups is 1. The third-order valence-corrected chi connectivity index (χ3v) is 6.43. The highest BCUT2D eigenvalue weighted by Gasteiger charge is 2.30. The van der Waals surface area contributed by atoms with E-state index in [-0.39, 0.29) is 6.10 Å². The van der Waals surface area contributed by atoms with Crippen molar-refractivity contribution in [1.29, 1.82) is 5.26 Å². The number of fused-ring (bicyclic) bond motifs is 1. The van der Waals surface area contributed by atoms with E-state index in [4.69, 9.17) is 9.47 Å². The molecule has 2 fully saturated rings. The summed E-state index contributed by atoms with van der Waals surface area (Å²) in [5.41, 5.74) is 3.61. The van der Waals surface area contributed by atoms with Crippen LogP contribution in [0, 0.1) is 11.3 Å². The van der Waals surface area contributed by atoms with E-state index >= 15 is 0 Å².